The van der Waals surface area contributed by atoms with Crippen molar-refractivity contribution in [2.45, 2.75) is 39.5 Å². The quantitative estimate of drug-likeness (QED) is 0.452. The van der Waals surface area contributed by atoms with Crippen molar-refractivity contribution >= 4 is 24.9 Å². The Morgan fingerprint density at radius 2 is 1.67 bits per heavy atom. The van der Waals surface area contributed by atoms with Gasteiger partial charge in [-0.1, -0.05) is 37.3 Å². The Kier molecular flexibility index (Phi) is 5.23. The Morgan fingerprint density at radius 1 is 1.17 bits per heavy atom. The van der Waals surface area contributed by atoms with Gasteiger partial charge in [0.25, 0.3) is 0 Å². The highest BCUT2D eigenvalue weighted by Crippen LogP contribution is 2.23. The van der Waals surface area contributed by atoms with Gasteiger partial charge in [-0.3, -0.25) is 4.99 Å². The smallest absolute Gasteiger partial charge is 0.0976 e. The fourth-order valence-electron chi connectivity index (χ4n) is 2.41. The van der Waals surface area contributed by atoms with E-state index in [0.717, 1.165) is 5.04 Å². The van der Waals surface area contributed by atoms with Crippen molar-refractivity contribution in [2.75, 3.05) is 13.3 Å². The third-order valence-corrected chi connectivity index (χ3v) is 5.18. The maximum absolute atomic E-state index is 4.39. The van der Waals surface area contributed by atoms with Gasteiger partial charge in [-0.15, -0.1) is 11.8 Å². The molecule has 0 unspecified atom stereocenters. The van der Waals surface area contributed by atoms with E-state index >= 15 is 0 Å². The summed E-state index contributed by atoms with van der Waals surface area (Å²) < 4.78 is 0. The zero-order valence-corrected chi connectivity index (χ0v) is 14.5. The van der Waals surface area contributed by atoms with E-state index in [1.165, 1.54) is 28.3 Å². The summed E-state index contributed by atoms with van der Waals surface area (Å²) in [6, 6.07) is 5.96. The van der Waals surface area contributed by atoms with Gasteiger partial charge in [0.05, 0.1) is 5.04 Å². The summed E-state index contributed by atoms with van der Waals surface area (Å²) in [5.74, 6) is 0. The van der Waals surface area contributed by atoms with Crippen LogP contribution in [-0.4, -0.2) is 26.4 Å². The highest BCUT2D eigenvalue weighted by Gasteiger charge is 2.16. The fourth-order valence-corrected chi connectivity index (χ4v) is 4.55. The molecule has 1 nitrogen and oxygen atoms in total. The Labute approximate surface area is 117 Å². The van der Waals surface area contributed by atoms with Crippen LogP contribution in [-0.2, 0) is 6.04 Å². The molecule has 0 spiro atoms. The lowest BCUT2D eigenvalue weighted by molar-refractivity contribution is 1.24. The second-order valence-electron chi connectivity index (χ2n) is 6.07. The second-order valence-corrected chi connectivity index (χ2v) is 12.3. The van der Waals surface area contributed by atoms with Crippen LogP contribution in [0.25, 0.3) is 0 Å². The van der Waals surface area contributed by atoms with E-state index in [-0.39, 0.29) is 0 Å². The summed E-state index contributed by atoms with van der Waals surface area (Å²) in [4.78, 5) is 4.39. The predicted octanol–water partition coefficient (Wildman–Crippen LogP) is 4.46. The summed E-state index contributed by atoms with van der Waals surface area (Å²) >= 11 is 1.73. The molecule has 0 atom stereocenters. The maximum Gasteiger partial charge on any atom is 0.0976 e. The van der Waals surface area contributed by atoms with Crippen molar-refractivity contribution in [2.24, 2.45) is 4.99 Å². The van der Waals surface area contributed by atoms with Crippen molar-refractivity contribution in [1.82, 2.24) is 0 Å². The highest BCUT2D eigenvalue weighted by atomic mass is 32.2. The molecular formula is C15H25NSSi. The molecule has 0 fully saturated rings. The molecule has 1 rings (SSSR count). The standard InChI is InChI=1S/C15H25NSSi/c1-11-8-13(10-18(5,6)7)9-12(2)14(11)15(16-3)17-4/h8-9H,10H2,1-7H3. The van der Waals surface area contributed by atoms with Gasteiger partial charge >= 0.3 is 0 Å². The van der Waals surface area contributed by atoms with Crippen molar-refractivity contribution in [1.29, 1.82) is 0 Å². The van der Waals surface area contributed by atoms with Crippen LogP contribution in [0.2, 0.25) is 19.6 Å². The number of hydrogen-bond donors (Lipinski definition) is 0. The molecule has 0 N–H and O–H groups in total. The molecule has 18 heavy (non-hydrogen) atoms. The number of hydrogen-bond acceptors (Lipinski definition) is 2. The number of aliphatic imine (C=N–C) groups is 1. The molecule has 0 amide bonds. The minimum Gasteiger partial charge on any atom is -0.281 e. The molecule has 0 aliphatic carbocycles. The number of aryl methyl sites for hydroxylation is 2. The van der Waals surface area contributed by atoms with Gasteiger partial charge < -0.3 is 0 Å². The van der Waals surface area contributed by atoms with Crippen molar-refractivity contribution in [3.8, 4) is 0 Å². The Hall–Kier alpha value is -0.543. The van der Waals surface area contributed by atoms with Crippen molar-refractivity contribution in [3.63, 3.8) is 0 Å². The molecule has 0 radical (unpaired) electrons. The van der Waals surface area contributed by atoms with Gasteiger partial charge in [0.15, 0.2) is 0 Å². The lowest BCUT2D eigenvalue weighted by atomic mass is 10.0. The molecule has 1 aromatic rings. The minimum atomic E-state index is -1.04. The number of thioether (sulfide) groups is 1. The Bertz CT molecular complexity index is 435. The molecule has 1 aromatic carbocycles. The van der Waals surface area contributed by atoms with E-state index in [1.807, 2.05) is 7.05 Å². The molecule has 0 aliphatic heterocycles. The van der Waals surface area contributed by atoms with Gasteiger partial charge in [0.1, 0.15) is 0 Å². The normalized spacial score (nSPS) is 12.9. The lowest BCUT2D eigenvalue weighted by Crippen LogP contribution is -2.24. The topological polar surface area (TPSA) is 12.4 Å². The van der Waals surface area contributed by atoms with Crippen LogP contribution >= 0.6 is 11.8 Å². The van der Waals surface area contributed by atoms with Gasteiger partial charge in [-0.25, -0.2) is 0 Å². The maximum atomic E-state index is 4.39. The first-order valence-electron chi connectivity index (χ1n) is 6.40. The van der Waals surface area contributed by atoms with E-state index < -0.39 is 8.07 Å². The van der Waals surface area contributed by atoms with Crippen molar-refractivity contribution in [3.05, 3.63) is 34.4 Å². The zero-order chi connectivity index (χ0) is 13.9. The average Bonchev–Trinajstić information content (AvgIpc) is 2.20. The van der Waals surface area contributed by atoms with Crippen LogP contribution in [0, 0.1) is 13.8 Å². The monoisotopic (exact) mass is 279 g/mol. The van der Waals surface area contributed by atoms with Crippen LogP contribution < -0.4 is 0 Å². The van der Waals surface area contributed by atoms with Crippen LogP contribution in [0.1, 0.15) is 22.3 Å². The minimum absolute atomic E-state index is 1.04. The number of benzene rings is 1. The molecule has 0 aromatic heterocycles. The third-order valence-electron chi connectivity index (χ3n) is 2.94. The summed E-state index contributed by atoms with van der Waals surface area (Å²) in [6.45, 7) is 11.7. The van der Waals surface area contributed by atoms with E-state index in [4.69, 9.17) is 0 Å². The molecular weight excluding hydrogens is 254 g/mol. The van der Waals surface area contributed by atoms with E-state index in [2.05, 4.69) is 56.9 Å². The van der Waals surface area contributed by atoms with Crippen LogP contribution in [0.4, 0.5) is 0 Å². The highest BCUT2D eigenvalue weighted by molar-refractivity contribution is 8.13. The van der Waals surface area contributed by atoms with Gasteiger partial charge in [-0.05, 0) is 37.3 Å². The number of nitrogens with zero attached hydrogens (tertiary/aromatic N) is 1. The fraction of sp³-hybridized carbons (Fsp3) is 0.533. The van der Waals surface area contributed by atoms with Gasteiger partial charge in [0, 0.05) is 20.7 Å². The summed E-state index contributed by atoms with van der Waals surface area (Å²) in [5.41, 5.74) is 5.53. The van der Waals surface area contributed by atoms with Gasteiger partial charge in [-0.2, -0.15) is 0 Å². The zero-order valence-electron chi connectivity index (χ0n) is 12.7. The van der Waals surface area contributed by atoms with Crippen LogP contribution in [0.3, 0.4) is 0 Å². The molecule has 100 valence electrons. The van der Waals surface area contributed by atoms with E-state index in [9.17, 15) is 0 Å². The third kappa shape index (κ3) is 3.99. The second kappa shape index (κ2) is 6.07. The van der Waals surface area contributed by atoms with E-state index in [1.54, 1.807) is 11.8 Å². The first-order valence-corrected chi connectivity index (χ1v) is 11.3. The predicted molar refractivity (Wildman–Crippen MR) is 88.9 cm³/mol. The molecule has 0 heterocycles. The lowest BCUT2D eigenvalue weighted by Gasteiger charge is -2.19. The molecule has 0 saturated heterocycles. The summed E-state index contributed by atoms with van der Waals surface area (Å²) in [5, 5.41) is 1.14. The number of rotatable bonds is 3. The molecule has 0 aliphatic rings. The van der Waals surface area contributed by atoms with Crippen molar-refractivity contribution < 1.29 is 0 Å². The molecule has 3 heteroatoms. The SMILES string of the molecule is CN=C(SC)c1c(C)cc(C[Si](C)(C)C)cc1C. The summed E-state index contributed by atoms with van der Waals surface area (Å²) in [6.07, 6.45) is 2.09. The Morgan fingerprint density at radius 3 is 2.00 bits per heavy atom. The van der Waals surface area contributed by atoms with Gasteiger partial charge in [0.2, 0.25) is 0 Å². The first-order chi connectivity index (χ1) is 8.28. The first kappa shape index (κ1) is 15.5. The molecule has 0 bridgehead atoms. The largest absolute Gasteiger partial charge is 0.281 e. The van der Waals surface area contributed by atoms with Crippen LogP contribution in [0.15, 0.2) is 17.1 Å². The molecule has 0 saturated carbocycles. The van der Waals surface area contributed by atoms with E-state index in [0.29, 0.717) is 0 Å². The average molecular weight is 280 g/mol. The van der Waals surface area contributed by atoms with Crippen LogP contribution in [0.5, 0.6) is 0 Å². The summed E-state index contributed by atoms with van der Waals surface area (Å²) in [7, 11) is 0.835. The Balaban J connectivity index is 3.21.